The summed E-state index contributed by atoms with van der Waals surface area (Å²) in [6.45, 7) is 0.303. The fourth-order valence-electron chi connectivity index (χ4n) is 2.44. The number of aliphatic hydroxyl groups is 1. The summed E-state index contributed by atoms with van der Waals surface area (Å²) in [6.07, 6.45) is -4.14. The van der Waals surface area contributed by atoms with E-state index in [9.17, 15) is 18.3 Å². The van der Waals surface area contributed by atoms with Gasteiger partial charge in [-0.3, -0.25) is 4.90 Å². The van der Waals surface area contributed by atoms with Crippen LogP contribution in [0.2, 0.25) is 0 Å². The molecule has 2 aromatic rings. The molecule has 0 radical (unpaired) electrons. The Morgan fingerprint density at radius 3 is 2.08 bits per heavy atom. The standard InChI is InChI=1S/C19H20F3NO/c1-23(14-16-10-6-3-7-11-16)17(18(24)19(20,21)22)13-12-15-8-4-2-5-9-15/h2-13,17-18,24H,14H2,1H3/b13-12+/t17-,18-/m1/s1. The Morgan fingerprint density at radius 2 is 1.54 bits per heavy atom. The normalized spacial score (nSPS) is 14.9. The van der Waals surface area contributed by atoms with Gasteiger partial charge in [0.2, 0.25) is 0 Å². The lowest BCUT2D eigenvalue weighted by atomic mass is 10.1. The Hall–Kier alpha value is -2.11. The van der Waals surface area contributed by atoms with Crippen molar-refractivity contribution in [2.75, 3.05) is 7.05 Å². The third-order valence-electron chi connectivity index (χ3n) is 3.73. The second kappa shape index (κ2) is 8.13. The maximum atomic E-state index is 13.0. The van der Waals surface area contributed by atoms with Crippen LogP contribution in [-0.4, -0.2) is 35.4 Å². The summed E-state index contributed by atoms with van der Waals surface area (Å²) < 4.78 is 39.0. The Balaban J connectivity index is 2.20. The van der Waals surface area contributed by atoms with Crippen molar-refractivity contribution in [3.8, 4) is 0 Å². The minimum atomic E-state index is -4.68. The fraction of sp³-hybridized carbons (Fsp3) is 0.263. The molecule has 5 heteroatoms. The van der Waals surface area contributed by atoms with Crippen molar-refractivity contribution >= 4 is 6.08 Å². The summed E-state index contributed by atoms with van der Waals surface area (Å²) in [6, 6.07) is 17.1. The van der Waals surface area contributed by atoms with Gasteiger partial charge in [-0.05, 0) is 18.2 Å². The molecule has 2 aromatic carbocycles. The molecular formula is C19H20F3NO. The second-order valence-electron chi connectivity index (χ2n) is 5.65. The molecule has 0 aliphatic carbocycles. The molecule has 0 unspecified atom stereocenters. The maximum Gasteiger partial charge on any atom is 0.416 e. The zero-order valence-electron chi connectivity index (χ0n) is 13.3. The van der Waals surface area contributed by atoms with Gasteiger partial charge in [0.15, 0.2) is 6.10 Å². The highest BCUT2D eigenvalue weighted by molar-refractivity contribution is 5.49. The van der Waals surface area contributed by atoms with Gasteiger partial charge in [0.25, 0.3) is 0 Å². The van der Waals surface area contributed by atoms with E-state index in [4.69, 9.17) is 0 Å². The topological polar surface area (TPSA) is 23.5 Å². The Bertz CT molecular complexity index is 641. The van der Waals surface area contributed by atoms with Crippen molar-refractivity contribution in [1.29, 1.82) is 0 Å². The van der Waals surface area contributed by atoms with Gasteiger partial charge in [-0.15, -0.1) is 0 Å². The van der Waals surface area contributed by atoms with Crippen LogP contribution >= 0.6 is 0 Å². The van der Waals surface area contributed by atoms with Gasteiger partial charge in [-0.2, -0.15) is 13.2 Å². The molecule has 0 saturated carbocycles. The lowest BCUT2D eigenvalue weighted by Crippen LogP contribution is -2.47. The SMILES string of the molecule is CN(Cc1ccccc1)[C@H](/C=C/c1ccccc1)[C@@H](O)C(F)(F)F. The van der Waals surface area contributed by atoms with Gasteiger partial charge in [0, 0.05) is 6.54 Å². The molecule has 0 fully saturated rings. The van der Waals surface area contributed by atoms with E-state index < -0.39 is 18.3 Å². The van der Waals surface area contributed by atoms with E-state index in [1.165, 1.54) is 11.0 Å². The van der Waals surface area contributed by atoms with Crippen LogP contribution in [0.25, 0.3) is 6.08 Å². The van der Waals surface area contributed by atoms with Crippen molar-refractivity contribution in [3.05, 3.63) is 77.9 Å². The molecule has 0 bridgehead atoms. The molecule has 2 rings (SSSR count). The Kier molecular flexibility index (Phi) is 6.17. The van der Waals surface area contributed by atoms with Crippen LogP contribution in [0.5, 0.6) is 0 Å². The predicted octanol–water partition coefficient (Wildman–Crippen LogP) is 4.12. The molecule has 0 amide bonds. The van der Waals surface area contributed by atoms with Gasteiger partial charge in [-0.25, -0.2) is 0 Å². The summed E-state index contributed by atoms with van der Waals surface area (Å²) in [5.74, 6) is 0. The first kappa shape index (κ1) is 18.2. The minimum Gasteiger partial charge on any atom is -0.382 e. The number of likely N-dealkylation sites (N-methyl/N-ethyl adjacent to an activating group) is 1. The number of aliphatic hydroxyl groups excluding tert-OH is 1. The van der Waals surface area contributed by atoms with E-state index >= 15 is 0 Å². The lowest BCUT2D eigenvalue weighted by Gasteiger charge is -2.30. The highest BCUT2D eigenvalue weighted by atomic mass is 19.4. The molecule has 0 spiro atoms. The summed E-state index contributed by atoms with van der Waals surface area (Å²) in [7, 11) is 1.57. The van der Waals surface area contributed by atoms with Crippen LogP contribution in [0.4, 0.5) is 13.2 Å². The number of hydrogen-bond donors (Lipinski definition) is 1. The van der Waals surface area contributed by atoms with Crippen molar-refractivity contribution in [2.24, 2.45) is 0 Å². The Morgan fingerprint density at radius 1 is 1.00 bits per heavy atom. The van der Waals surface area contributed by atoms with Gasteiger partial charge < -0.3 is 5.11 Å². The number of benzene rings is 2. The summed E-state index contributed by atoms with van der Waals surface area (Å²) >= 11 is 0. The number of nitrogens with zero attached hydrogens (tertiary/aromatic N) is 1. The van der Waals surface area contributed by atoms with Crippen LogP contribution in [0.1, 0.15) is 11.1 Å². The maximum absolute atomic E-state index is 13.0. The van der Waals surface area contributed by atoms with Crippen LogP contribution in [-0.2, 0) is 6.54 Å². The van der Waals surface area contributed by atoms with Crippen molar-refractivity contribution in [3.63, 3.8) is 0 Å². The van der Waals surface area contributed by atoms with E-state index in [0.717, 1.165) is 11.1 Å². The molecule has 2 atom stereocenters. The molecule has 2 nitrogen and oxygen atoms in total. The van der Waals surface area contributed by atoms with Crippen molar-refractivity contribution < 1.29 is 18.3 Å². The van der Waals surface area contributed by atoms with E-state index in [-0.39, 0.29) is 0 Å². The molecule has 24 heavy (non-hydrogen) atoms. The second-order valence-corrected chi connectivity index (χ2v) is 5.65. The molecular weight excluding hydrogens is 315 g/mol. The molecule has 128 valence electrons. The predicted molar refractivity (Wildman–Crippen MR) is 89.2 cm³/mol. The average Bonchev–Trinajstić information content (AvgIpc) is 2.56. The first-order chi connectivity index (χ1) is 11.4. The first-order valence-corrected chi connectivity index (χ1v) is 7.60. The van der Waals surface area contributed by atoms with Crippen LogP contribution in [0, 0.1) is 0 Å². The van der Waals surface area contributed by atoms with E-state index in [0.29, 0.717) is 6.54 Å². The first-order valence-electron chi connectivity index (χ1n) is 7.60. The van der Waals surface area contributed by atoms with Gasteiger partial charge in [0.1, 0.15) is 0 Å². The van der Waals surface area contributed by atoms with Crippen LogP contribution < -0.4 is 0 Å². The van der Waals surface area contributed by atoms with Gasteiger partial charge in [-0.1, -0.05) is 72.8 Å². The molecule has 0 aliphatic heterocycles. The van der Waals surface area contributed by atoms with Gasteiger partial charge >= 0.3 is 6.18 Å². The number of rotatable bonds is 6. The third kappa shape index (κ3) is 5.22. The van der Waals surface area contributed by atoms with Crippen LogP contribution in [0.3, 0.4) is 0 Å². The average molecular weight is 335 g/mol. The summed E-state index contributed by atoms with van der Waals surface area (Å²) in [5.41, 5.74) is 1.66. The largest absolute Gasteiger partial charge is 0.416 e. The Labute approximate surface area is 139 Å². The molecule has 0 heterocycles. The minimum absolute atomic E-state index is 0.303. The smallest absolute Gasteiger partial charge is 0.382 e. The van der Waals surface area contributed by atoms with E-state index in [2.05, 4.69) is 0 Å². The molecule has 0 aliphatic rings. The van der Waals surface area contributed by atoms with E-state index in [1.54, 1.807) is 25.3 Å². The quantitative estimate of drug-likeness (QED) is 0.858. The third-order valence-corrected chi connectivity index (χ3v) is 3.73. The van der Waals surface area contributed by atoms with Crippen molar-refractivity contribution in [2.45, 2.75) is 24.9 Å². The number of halogens is 3. The van der Waals surface area contributed by atoms with Gasteiger partial charge in [0.05, 0.1) is 6.04 Å². The summed E-state index contributed by atoms with van der Waals surface area (Å²) in [5, 5.41) is 9.75. The monoisotopic (exact) mass is 335 g/mol. The zero-order chi connectivity index (χ0) is 17.6. The zero-order valence-corrected chi connectivity index (χ0v) is 13.3. The lowest BCUT2D eigenvalue weighted by molar-refractivity contribution is -0.216. The number of hydrogen-bond acceptors (Lipinski definition) is 2. The molecule has 0 saturated heterocycles. The van der Waals surface area contributed by atoms with Crippen LogP contribution in [0.15, 0.2) is 66.7 Å². The highest BCUT2D eigenvalue weighted by Gasteiger charge is 2.44. The molecule has 1 N–H and O–H groups in total. The number of alkyl halides is 3. The van der Waals surface area contributed by atoms with E-state index in [1.807, 2.05) is 48.5 Å². The van der Waals surface area contributed by atoms with Crippen molar-refractivity contribution in [1.82, 2.24) is 4.90 Å². The highest BCUT2D eigenvalue weighted by Crippen LogP contribution is 2.26. The summed E-state index contributed by atoms with van der Waals surface area (Å²) in [4.78, 5) is 1.49. The molecule has 0 aromatic heterocycles. The fourth-order valence-corrected chi connectivity index (χ4v) is 2.44.